The summed E-state index contributed by atoms with van der Waals surface area (Å²) in [6.45, 7) is 1.21. The molecule has 1 fully saturated rings. The lowest BCUT2D eigenvalue weighted by Gasteiger charge is -2.38. The van der Waals surface area contributed by atoms with Gasteiger partial charge in [-0.25, -0.2) is 13.1 Å². The molecule has 2 aliphatic heterocycles. The summed E-state index contributed by atoms with van der Waals surface area (Å²) in [6, 6.07) is 12.6. The number of hydrogen-bond acceptors (Lipinski definition) is 5. The summed E-state index contributed by atoms with van der Waals surface area (Å²) in [5.74, 6) is -0.0372. The van der Waals surface area contributed by atoms with Crippen molar-refractivity contribution in [2.75, 3.05) is 31.7 Å². The van der Waals surface area contributed by atoms with Crippen molar-refractivity contribution >= 4 is 33.2 Å². The summed E-state index contributed by atoms with van der Waals surface area (Å²) in [4.78, 5) is 11.4. The molecule has 1 amide bonds. The van der Waals surface area contributed by atoms with E-state index >= 15 is 0 Å². The normalized spacial score (nSPS) is 18.4. The number of hydrogen-bond donors (Lipinski definition) is 2. The van der Waals surface area contributed by atoms with Crippen molar-refractivity contribution < 1.29 is 22.7 Å². The number of sulfonamides is 1. The molecule has 2 N–H and O–H groups in total. The molecule has 154 valence electrons. The lowest BCUT2D eigenvalue weighted by atomic mass is 9.74. The van der Waals surface area contributed by atoms with Gasteiger partial charge in [-0.15, -0.1) is 0 Å². The summed E-state index contributed by atoms with van der Waals surface area (Å²) < 4.78 is 39.7. The maximum Gasteiger partial charge on any atom is 0.262 e. The predicted octanol–water partition coefficient (Wildman–Crippen LogP) is 2.70. The van der Waals surface area contributed by atoms with Crippen molar-refractivity contribution in [2.45, 2.75) is 23.2 Å². The van der Waals surface area contributed by atoms with Crippen LogP contribution in [0.3, 0.4) is 0 Å². The molecular weight excluding hydrogens is 416 g/mol. The van der Waals surface area contributed by atoms with Crippen molar-refractivity contribution in [1.82, 2.24) is 4.72 Å². The van der Waals surface area contributed by atoms with Crippen molar-refractivity contribution in [2.24, 2.45) is 0 Å². The van der Waals surface area contributed by atoms with Crippen LogP contribution in [0.2, 0.25) is 5.02 Å². The van der Waals surface area contributed by atoms with Gasteiger partial charge in [0.2, 0.25) is 10.0 Å². The van der Waals surface area contributed by atoms with Gasteiger partial charge in [0.15, 0.2) is 6.61 Å². The van der Waals surface area contributed by atoms with Crippen LogP contribution in [-0.2, 0) is 25.0 Å². The second-order valence-electron chi connectivity index (χ2n) is 7.20. The molecule has 7 nitrogen and oxygen atoms in total. The third-order valence-electron chi connectivity index (χ3n) is 5.39. The molecule has 0 spiro atoms. The molecule has 0 unspecified atom stereocenters. The quantitative estimate of drug-likeness (QED) is 0.751. The van der Waals surface area contributed by atoms with Gasteiger partial charge >= 0.3 is 0 Å². The molecule has 0 aromatic heterocycles. The fourth-order valence-corrected chi connectivity index (χ4v) is 5.39. The highest BCUT2D eigenvalue weighted by molar-refractivity contribution is 7.89. The van der Waals surface area contributed by atoms with Crippen LogP contribution in [0.15, 0.2) is 47.4 Å². The maximum atomic E-state index is 13.0. The predicted molar refractivity (Wildman–Crippen MR) is 109 cm³/mol. The third kappa shape index (κ3) is 4.11. The first-order chi connectivity index (χ1) is 13.9. The van der Waals surface area contributed by atoms with Crippen LogP contribution in [0.25, 0.3) is 0 Å². The summed E-state index contributed by atoms with van der Waals surface area (Å²) >= 11 is 6.22. The minimum absolute atomic E-state index is 0.0165. The van der Waals surface area contributed by atoms with Crippen LogP contribution in [0, 0.1) is 0 Å². The Morgan fingerprint density at radius 2 is 1.86 bits per heavy atom. The summed E-state index contributed by atoms with van der Waals surface area (Å²) in [5.41, 5.74) is 1.08. The molecule has 2 aromatic rings. The van der Waals surface area contributed by atoms with Crippen LogP contribution in [0.5, 0.6) is 5.75 Å². The highest BCUT2D eigenvalue weighted by atomic mass is 35.5. The first-order valence-electron chi connectivity index (χ1n) is 9.29. The number of carbonyl (C=O) groups excluding carboxylic acids is 1. The number of ether oxygens (including phenoxy) is 2. The smallest absolute Gasteiger partial charge is 0.262 e. The van der Waals surface area contributed by atoms with E-state index in [1.165, 1.54) is 12.1 Å². The Balaban J connectivity index is 1.61. The average Bonchev–Trinajstić information content (AvgIpc) is 2.73. The zero-order valence-electron chi connectivity index (χ0n) is 15.6. The van der Waals surface area contributed by atoms with Crippen LogP contribution < -0.4 is 14.8 Å². The van der Waals surface area contributed by atoms with Gasteiger partial charge in [-0.1, -0.05) is 41.9 Å². The summed E-state index contributed by atoms with van der Waals surface area (Å²) in [5, 5.41) is 2.63. The number of rotatable bonds is 5. The molecule has 1 saturated heterocycles. The molecule has 0 aliphatic carbocycles. The second kappa shape index (κ2) is 7.95. The lowest BCUT2D eigenvalue weighted by molar-refractivity contribution is -0.118. The molecule has 0 radical (unpaired) electrons. The Morgan fingerprint density at radius 1 is 1.14 bits per heavy atom. The molecule has 0 atom stereocenters. The van der Waals surface area contributed by atoms with E-state index in [9.17, 15) is 13.2 Å². The number of amides is 1. The Morgan fingerprint density at radius 3 is 2.59 bits per heavy atom. The van der Waals surface area contributed by atoms with Gasteiger partial charge in [-0.05, 0) is 24.5 Å². The van der Waals surface area contributed by atoms with Gasteiger partial charge < -0.3 is 14.8 Å². The minimum Gasteiger partial charge on any atom is -0.482 e. The standard InChI is InChI=1S/C20H21ClN2O5S/c21-15-10-16-17(28-12-19(24)23-16)11-18(15)29(25,26)22-13-20(6-8-27-9-7-20)14-4-2-1-3-5-14/h1-5,10-11,22H,6-9,12-13H2,(H,23,24). The fraction of sp³-hybridized carbons (Fsp3) is 0.350. The van der Waals surface area contributed by atoms with Crippen LogP contribution in [0.1, 0.15) is 18.4 Å². The van der Waals surface area contributed by atoms with Gasteiger partial charge in [0.1, 0.15) is 10.6 Å². The van der Waals surface area contributed by atoms with Gasteiger partial charge in [-0.3, -0.25) is 4.79 Å². The van der Waals surface area contributed by atoms with Gasteiger partial charge in [0.05, 0.1) is 10.7 Å². The summed E-state index contributed by atoms with van der Waals surface area (Å²) in [7, 11) is -3.90. The van der Waals surface area contributed by atoms with Crippen LogP contribution in [0.4, 0.5) is 5.69 Å². The lowest BCUT2D eigenvalue weighted by Crippen LogP contribution is -2.44. The molecule has 4 rings (SSSR count). The van der Waals surface area contributed by atoms with E-state index in [0.717, 1.165) is 5.56 Å². The van der Waals surface area contributed by atoms with E-state index in [-0.39, 0.29) is 40.1 Å². The molecule has 2 aliphatic rings. The van der Waals surface area contributed by atoms with E-state index in [0.29, 0.717) is 31.7 Å². The summed E-state index contributed by atoms with van der Waals surface area (Å²) in [6.07, 6.45) is 1.43. The Labute approximate surface area is 174 Å². The molecule has 0 bridgehead atoms. The monoisotopic (exact) mass is 436 g/mol. The molecule has 29 heavy (non-hydrogen) atoms. The zero-order valence-corrected chi connectivity index (χ0v) is 17.2. The average molecular weight is 437 g/mol. The molecule has 9 heteroatoms. The molecular formula is C20H21ClN2O5S. The molecule has 2 aromatic carbocycles. The van der Waals surface area contributed by atoms with Crippen molar-refractivity contribution in [3.63, 3.8) is 0 Å². The number of carbonyl (C=O) groups is 1. The highest BCUT2D eigenvalue weighted by Crippen LogP contribution is 2.37. The van der Waals surface area contributed by atoms with Crippen LogP contribution >= 0.6 is 11.6 Å². The Kier molecular flexibility index (Phi) is 5.52. The minimum atomic E-state index is -3.90. The zero-order chi connectivity index (χ0) is 20.5. The Hall–Kier alpha value is -2.13. The van der Waals surface area contributed by atoms with Crippen molar-refractivity contribution in [3.8, 4) is 5.75 Å². The number of nitrogens with one attached hydrogen (secondary N) is 2. The van der Waals surface area contributed by atoms with E-state index < -0.39 is 10.0 Å². The third-order valence-corrected chi connectivity index (χ3v) is 7.26. The van der Waals surface area contributed by atoms with E-state index in [2.05, 4.69) is 10.0 Å². The SMILES string of the molecule is O=C1COc2cc(S(=O)(=O)NCC3(c4ccccc4)CCOCC3)c(Cl)cc2N1. The Bertz CT molecular complexity index is 1020. The van der Waals surface area contributed by atoms with Crippen molar-refractivity contribution in [1.29, 1.82) is 0 Å². The largest absolute Gasteiger partial charge is 0.482 e. The topological polar surface area (TPSA) is 93.7 Å². The van der Waals surface area contributed by atoms with Gasteiger partial charge in [0, 0.05) is 31.2 Å². The van der Waals surface area contributed by atoms with E-state index in [1.54, 1.807) is 0 Å². The number of halogens is 1. The van der Waals surface area contributed by atoms with Crippen molar-refractivity contribution in [3.05, 3.63) is 53.1 Å². The number of anilines is 1. The van der Waals surface area contributed by atoms with Gasteiger partial charge in [-0.2, -0.15) is 0 Å². The number of fused-ring (bicyclic) bond motifs is 1. The first-order valence-corrected chi connectivity index (χ1v) is 11.1. The van der Waals surface area contributed by atoms with Crippen LogP contribution in [-0.4, -0.2) is 40.7 Å². The second-order valence-corrected chi connectivity index (χ2v) is 9.34. The highest BCUT2D eigenvalue weighted by Gasteiger charge is 2.36. The number of benzene rings is 2. The van der Waals surface area contributed by atoms with E-state index in [4.69, 9.17) is 21.1 Å². The molecule has 2 heterocycles. The maximum absolute atomic E-state index is 13.0. The van der Waals surface area contributed by atoms with E-state index in [1.807, 2.05) is 30.3 Å². The first kappa shape index (κ1) is 20.2. The molecule has 0 saturated carbocycles. The fourth-order valence-electron chi connectivity index (χ4n) is 3.72. The van der Waals surface area contributed by atoms with Gasteiger partial charge in [0.25, 0.3) is 5.91 Å².